The molecular formula is C11H9F3N4O3. The summed E-state index contributed by atoms with van der Waals surface area (Å²) in [6, 6.07) is 1.82. The van der Waals surface area contributed by atoms with Gasteiger partial charge in [0.2, 0.25) is 0 Å². The summed E-state index contributed by atoms with van der Waals surface area (Å²) in [6.45, 7) is -0.621. The Bertz CT molecular complexity index is 652. The van der Waals surface area contributed by atoms with Crippen molar-refractivity contribution in [2.24, 2.45) is 7.05 Å². The molecular weight excluding hydrogens is 293 g/mol. The SMILES string of the molecule is Cn1nc(OCC(=O)O)nc1-c1ccc(C(F)(F)F)cn1. The minimum absolute atomic E-state index is 0.156. The summed E-state index contributed by atoms with van der Waals surface area (Å²) in [4.78, 5) is 17.9. The van der Waals surface area contributed by atoms with Crippen molar-refractivity contribution < 1.29 is 27.8 Å². The summed E-state index contributed by atoms with van der Waals surface area (Å²) in [5.74, 6) is -1.04. The quantitative estimate of drug-likeness (QED) is 0.917. The first kappa shape index (κ1) is 14.8. The molecule has 2 rings (SSSR count). The number of carboxylic acids is 1. The minimum Gasteiger partial charge on any atom is -0.479 e. The van der Waals surface area contributed by atoms with Crippen molar-refractivity contribution in [3.05, 3.63) is 23.9 Å². The fourth-order valence-electron chi connectivity index (χ4n) is 1.47. The van der Waals surface area contributed by atoms with Crippen LogP contribution >= 0.6 is 0 Å². The molecule has 0 aliphatic rings. The van der Waals surface area contributed by atoms with E-state index in [1.165, 1.54) is 11.7 Å². The van der Waals surface area contributed by atoms with Crippen molar-refractivity contribution in [3.8, 4) is 17.5 Å². The van der Waals surface area contributed by atoms with Crippen molar-refractivity contribution in [3.63, 3.8) is 0 Å². The lowest BCUT2D eigenvalue weighted by Crippen LogP contribution is -2.10. The number of aliphatic carboxylic acids is 1. The van der Waals surface area contributed by atoms with Crippen LogP contribution in [0.1, 0.15) is 5.56 Å². The van der Waals surface area contributed by atoms with E-state index < -0.39 is 24.3 Å². The molecule has 0 unspecified atom stereocenters. The van der Waals surface area contributed by atoms with Crippen LogP contribution in [-0.4, -0.2) is 37.4 Å². The topological polar surface area (TPSA) is 90.1 Å². The first-order valence-corrected chi connectivity index (χ1v) is 5.56. The summed E-state index contributed by atoms with van der Waals surface area (Å²) in [6.07, 6.45) is -3.79. The molecule has 2 aromatic rings. The molecule has 2 aromatic heterocycles. The molecule has 0 aromatic carbocycles. The number of ether oxygens (including phenoxy) is 1. The Morgan fingerprint density at radius 3 is 2.67 bits per heavy atom. The van der Waals surface area contributed by atoms with Crippen molar-refractivity contribution in [1.82, 2.24) is 19.7 Å². The molecule has 0 radical (unpaired) electrons. The molecule has 0 atom stereocenters. The molecule has 7 nitrogen and oxygen atoms in total. The van der Waals surface area contributed by atoms with Gasteiger partial charge in [-0.15, -0.1) is 5.10 Å². The second-order valence-corrected chi connectivity index (χ2v) is 3.95. The summed E-state index contributed by atoms with van der Waals surface area (Å²) in [5, 5.41) is 12.3. The molecule has 0 spiro atoms. The van der Waals surface area contributed by atoms with Gasteiger partial charge < -0.3 is 9.84 Å². The van der Waals surface area contributed by atoms with Crippen LogP contribution in [0.25, 0.3) is 11.5 Å². The molecule has 1 N–H and O–H groups in total. The first-order chi connectivity index (χ1) is 9.77. The number of carbonyl (C=O) groups is 1. The average molecular weight is 302 g/mol. The number of pyridine rings is 1. The molecule has 0 fully saturated rings. The number of aryl methyl sites for hydroxylation is 1. The first-order valence-electron chi connectivity index (χ1n) is 5.56. The monoisotopic (exact) mass is 302 g/mol. The standard InChI is InChI=1S/C11H9F3N4O3/c1-18-9(16-10(17-18)21-5-8(19)20)7-3-2-6(4-15-7)11(12,13)14/h2-4H,5H2,1H3,(H,19,20). The van der Waals surface area contributed by atoms with Gasteiger partial charge in [-0.2, -0.15) is 18.2 Å². The number of aromatic nitrogens is 4. The van der Waals surface area contributed by atoms with Gasteiger partial charge in [-0.25, -0.2) is 9.48 Å². The highest BCUT2D eigenvalue weighted by Crippen LogP contribution is 2.29. The molecule has 0 aliphatic heterocycles. The maximum absolute atomic E-state index is 12.4. The number of halogens is 3. The number of alkyl halides is 3. The van der Waals surface area contributed by atoms with Gasteiger partial charge in [0.05, 0.1) is 5.56 Å². The Morgan fingerprint density at radius 1 is 1.43 bits per heavy atom. The van der Waals surface area contributed by atoms with Crippen LogP contribution in [0.2, 0.25) is 0 Å². The van der Waals surface area contributed by atoms with E-state index >= 15 is 0 Å². The third-order valence-corrected chi connectivity index (χ3v) is 2.39. The highest BCUT2D eigenvalue weighted by Gasteiger charge is 2.30. The average Bonchev–Trinajstić information content (AvgIpc) is 2.77. The summed E-state index contributed by atoms with van der Waals surface area (Å²) in [5.41, 5.74) is -0.723. The maximum Gasteiger partial charge on any atom is 0.417 e. The van der Waals surface area contributed by atoms with E-state index in [4.69, 9.17) is 9.84 Å². The summed E-state index contributed by atoms with van der Waals surface area (Å²) < 4.78 is 43.3. The normalized spacial score (nSPS) is 11.4. The minimum atomic E-state index is -4.47. The van der Waals surface area contributed by atoms with Crippen LogP contribution < -0.4 is 4.74 Å². The van der Waals surface area contributed by atoms with E-state index in [0.717, 1.165) is 12.1 Å². The van der Waals surface area contributed by atoms with E-state index in [1.807, 2.05) is 0 Å². The Kier molecular flexibility index (Phi) is 3.78. The summed E-state index contributed by atoms with van der Waals surface area (Å²) >= 11 is 0. The molecule has 0 aliphatic carbocycles. The van der Waals surface area contributed by atoms with Crippen molar-refractivity contribution >= 4 is 5.97 Å². The van der Waals surface area contributed by atoms with Gasteiger partial charge in [0.25, 0.3) is 0 Å². The lowest BCUT2D eigenvalue weighted by molar-refractivity contribution is -0.139. The maximum atomic E-state index is 12.4. The number of hydrogen-bond acceptors (Lipinski definition) is 5. The van der Waals surface area contributed by atoms with Gasteiger partial charge >= 0.3 is 18.2 Å². The van der Waals surface area contributed by atoms with E-state index in [9.17, 15) is 18.0 Å². The van der Waals surface area contributed by atoms with E-state index in [1.54, 1.807) is 0 Å². The Labute approximate surface area is 116 Å². The largest absolute Gasteiger partial charge is 0.479 e. The van der Waals surface area contributed by atoms with Crippen LogP contribution in [0.4, 0.5) is 13.2 Å². The molecule has 0 saturated heterocycles. The predicted octanol–water partition coefficient (Wildman–Crippen LogP) is 1.36. The van der Waals surface area contributed by atoms with Gasteiger partial charge in [0, 0.05) is 13.2 Å². The van der Waals surface area contributed by atoms with Crippen molar-refractivity contribution in [2.45, 2.75) is 6.18 Å². The number of rotatable bonds is 4. The zero-order chi connectivity index (χ0) is 15.6. The summed E-state index contributed by atoms with van der Waals surface area (Å²) in [7, 11) is 1.48. The van der Waals surface area contributed by atoms with Crippen LogP contribution in [0, 0.1) is 0 Å². The highest BCUT2D eigenvalue weighted by molar-refractivity contribution is 5.68. The van der Waals surface area contributed by atoms with E-state index in [0.29, 0.717) is 6.20 Å². The second-order valence-electron chi connectivity index (χ2n) is 3.95. The number of carboxylic acid groups (broad SMARTS) is 1. The lowest BCUT2D eigenvalue weighted by atomic mass is 10.2. The van der Waals surface area contributed by atoms with Crippen molar-refractivity contribution in [2.75, 3.05) is 6.61 Å². The number of hydrogen-bond donors (Lipinski definition) is 1. The molecule has 112 valence electrons. The molecule has 0 bridgehead atoms. The Morgan fingerprint density at radius 2 is 2.14 bits per heavy atom. The van der Waals surface area contributed by atoms with Gasteiger partial charge in [-0.05, 0) is 12.1 Å². The van der Waals surface area contributed by atoms with Crippen molar-refractivity contribution in [1.29, 1.82) is 0 Å². The van der Waals surface area contributed by atoms with Gasteiger partial charge in [0.1, 0.15) is 5.69 Å². The fraction of sp³-hybridized carbons (Fsp3) is 0.273. The predicted molar refractivity (Wildman–Crippen MR) is 62.4 cm³/mol. The van der Waals surface area contributed by atoms with Crippen LogP contribution in [0.3, 0.4) is 0 Å². The van der Waals surface area contributed by atoms with E-state index in [2.05, 4.69) is 15.1 Å². The third kappa shape index (κ3) is 3.46. The molecule has 21 heavy (non-hydrogen) atoms. The fourth-order valence-corrected chi connectivity index (χ4v) is 1.47. The molecule has 10 heteroatoms. The van der Waals surface area contributed by atoms with Crippen LogP contribution in [0.15, 0.2) is 18.3 Å². The Hall–Kier alpha value is -2.65. The Balaban J connectivity index is 2.24. The number of nitrogens with zero attached hydrogens (tertiary/aromatic N) is 4. The van der Waals surface area contributed by atoms with E-state index in [-0.39, 0.29) is 17.5 Å². The van der Waals surface area contributed by atoms with Crippen LogP contribution in [-0.2, 0) is 18.0 Å². The molecule has 0 amide bonds. The zero-order valence-electron chi connectivity index (χ0n) is 10.6. The van der Waals surface area contributed by atoms with Gasteiger partial charge in [-0.1, -0.05) is 0 Å². The third-order valence-electron chi connectivity index (χ3n) is 2.39. The van der Waals surface area contributed by atoms with Gasteiger partial charge in [0.15, 0.2) is 12.4 Å². The molecule has 0 saturated carbocycles. The molecule has 2 heterocycles. The van der Waals surface area contributed by atoms with Gasteiger partial charge in [-0.3, -0.25) is 4.98 Å². The second kappa shape index (κ2) is 5.38. The smallest absolute Gasteiger partial charge is 0.417 e. The zero-order valence-corrected chi connectivity index (χ0v) is 10.6. The highest BCUT2D eigenvalue weighted by atomic mass is 19.4. The van der Waals surface area contributed by atoms with Crippen LogP contribution in [0.5, 0.6) is 6.01 Å². The lowest BCUT2D eigenvalue weighted by Gasteiger charge is -2.06.